The lowest BCUT2D eigenvalue weighted by Gasteiger charge is -2.31. The van der Waals surface area contributed by atoms with Crippen LogP contribution in [-0.4, -0.2) is 22.3 Å². The smallest absolute Gasteiger partial charge is 0.306 e. The lowest BCUT2D eigenvalue weighted by atomic mass is 9.84. The molecule has 0 aliphatic carbocycles. The average Bonchev–Trinajstić information content (AvgIpc) is 2.44. The van der Waals surface area contributed by atoms with E-state index in [2.05, 4.69) is 34.6 Å². The minimum Gasteiger partial charge on any atom is -0.459 e. The van der Waals surface area contributed by atoms with Gasteiger partial charge in [0.15, 0.2) is 0 Å². The maximum Gasteiger partial charge on any atom is 0.306 e. The van der Waals surface area contributed by atoms with Crippen LogP contribution < -0.4 is 0 Å². The summed E-state index contributed by atoms with van der Waals surface area (Å²) in [6, 6.07) is 0. The largest absolute Gasteiger partial charge is 0.459 e. The van der Waals surface area contributed by atoms with E-state index in [9.17, 15) is 9.90 Å². The molecule has 0 aromatic heterocycles. The number of hydrogen-bond acceptors (Lipinski definition) is 3. The second-order valence-corrected chi connectivity index (χ2v) is 8.75. The second-order valence-electron chi connectivity index (χ2n) is 8.75. The van der Waals surface area contributed by atoms with Crippen LogP contribution in [0.2, 0.25) is 0 Å². The molecule has 0 amide bonds. The Morgan fingerprint density at radius 3 is 1.96 bits per heavy atom. The third kappa shape index (κ3) is 11.6. The normalized spacial score (nSPS) is 17.4. The van der Waals surface area contributed by atoms with Crippen molar-refractivity contribution in [1.82, 2.24) is 0 Å². The molecule has 0 aromatic rings. The van der Waals surface area contributed by atoms with E-state index in [-0.39, 0.29) is 17.0 Å². The predicted molar refractivity (Wildman–Crippen MR) is 97.5 cm³/mol. The molecule has 0 spiro atoms. The predicted octanol–water partition coefficient (Wildman–Crippen LogP) is 5.64. The number of carbonyl (C=O) groups is 1. The summed E-state index contributed by atoms with van der Waals surface area (Å²) in [6.07, 6.45) is 7.66. The van der Waals surface area contributed by atoms with Gasteiger partial charge in [0, 0.05) is 6.42 Å². The molecular weight excluding hydrogens is 288 g/mol. The van der Waals surface area contributed by atoms with E-state index in [4.69, 9.17) is 4.74 Å². The first-order valence-corrected chi connectivity index (χ1v) is 9.37. The summed E-state index contributed by atoms with van der Waals surface area (Å²) in [4.78, 5) is 12.1. The van der Waals surface area contributed by atoms with Gasteiger partial charge in [0.1, 0.15) is 5.60 Å². The zero-order valence-electron chi connectivity index (χ0n) is 16.6. The quantitative estimate of drug-likeness (QED) is 0.394. The molecule has 0 aromatic carbocycles. The Kier molecular flexibility index (Phi) is 9.42. The van der Waals surface area contributed by atoms with Gasteiger partial charge in [-0.1, -0.05) is 47.5 Å². The van der Waals surface area contributed by atoms with Crippen LogP contribution in [0, 0.1) is 5.41 Å². The number of carbonyl (C=O) groups excluding carboxylic acids is 1. The van der Waals surface area contributed by atoms with Gasteiger partial charge in [-0.3, -0.25) is 4.79 Å². The molecule has 3 nitrogen and oxygen atoms in total. The third-order valence-electron chi connectivity index (χ3n) is 4.87. The molecule has 1 N–H and O–H groups in total. The van der Waals surface area contributed by atoms with Crippen molar-refractivity contribution in [2.24, 2.45) is 5.41 Å². The fourth-order valence-electron chi connectivity index (χ4n) is 2.39. The van der Waals surface area contributed by atoms with Crippen molar-refractivity contribution >= 4 is 5.97 Å². The number of rotatable bonds is 11. The molecule has 0 saturated carbocycles. The van der Waals surface area contributed by atoms with Crippen molar-refractivity contribution < 1.29 is 14.6 Å². The Morgan fingerprint density at radius 1 is 0.870 bits per heavy atom. The minimum absolute atomic E-state index is 0.0782. The van der Waals surface area contributed by atoms with Gasteiger partial charge < -0.3 is 9.84 Å². The molecule has 0 fully saturated rings. The van der Waals surface area contributed by atoms with Crippen molar-refractivity contribution in [1.29, 1.82) is 0 Å². The number of ether oxygens (including phenoxy) is 1. The van der Waals surface area contributed by atoms with E-state index in [0.29, 0.717) is 6.42 Å². The molecule has 0 rings (SSSR count). The van der Waals surface area contributed by atoms with Crippen LogP contribution >= 0.6 is 0 Å². The summed E-state index contributed by atoms with van der Waals surface area (Å²) < 4.78 is 5.76. The van der Waals surface area contributed by atoms with E-state index in [1.54, 1.807) is 0 Å². The van der Waals surface area contributed by atoms with E-state index in [0.717, 1.165) is 51.4 Å². The first-order chi connectivity index (χ1) is 10.4. The molecule has 2 unspecified atom stereocenters. The van der Waals surface area contributed by atoms with Crippen molar-refractivity contribution in [3.8, 4) is 0 Å². The monoisotopic (exact) mass is 328 g/mol. The summed E-state index contributed by atoms with van der Waals surface area (Å²) >= 11 is 0. The zero-order chi connectivity index (χ0) is 18.1. The fourth-order valence-corrected chi connectivity index (χ4v) is 2.39. The number of unbranched alkanes of at least 4 members (excludes halogenated alkanes) is 2. The maximum atomic E-state index is 12.1. The van der Waals surface area contributed by atoms with Crippen LogP contribution in [-0.2, 0) is 9.53 Å². The molecule has 0 aliphatic rings. The SMILES string of the molecule is CCC(C)(O)CCCCCC(=O)OC(C)(CC)CCC(C)(C)C. The standard InChI is InChI=1S/C20H40O3/c1-8-19(6,22)14-12-10-11-13-17(21)23-20(7,9-2)16-15-18(3,4)5/h22H,8-16H2,1-7H3. The Morgan fingerprint density at radius 2 is 1.48 bits per heavy atom. The fraction of sp³-hybridized carbons (Fsp3) is 0.950. The second kappa shape index (κ2) is 9.66. The minimum atomic E-state index is -0.561. The first-order valence-electron chi connectivity index (χ1n) is 9.37. The van der Waals surface area contributed by atoms with Gasteiger partial charge in [0.2, 0.25) is 0 Å². The van der Waals surface area contributed by atoms with Gasteiger partial charge >= 0.3 is 5.97 Å². The molecule has 3 heteroatoms. The molecule has 23 heavy (non-hydrogen) atoms. The molecule has 0 aliphatic heterocycles. The van der Waals surface area contributed by atoms with E-state index >= 15 is 0 Å². The van der Waals surface area contributed by atoms with Crippen molar-refractivity contribution in [2.45, 2.75) is 117 Å². The van der Waals surface area contributed by atoms with E-state index < -0.39 is 5.60 Å². The Labute approximate surface area is 144 Å². The molecule has 0 bridgehead atoms. The van der Waals surface area contributed by atoms with Crippen molar-refractivity contribution in [2.75, 3.05) is 0 Å². The summed E-state index contributed by atoms with van der Waals surface area (Å²) in [6.45, 7) is 14.7. The highest BCUT2D eigenvalue weighted by Gasteiger charge is 2.28. The van der Waals surface area contributed by atoms with Crippen LogP contribution in [0.25, 0.3) is 0 Å². The van der Waals surface area contributed by atoms with Crippen molar-refractivity contribution in [3.63, 3.8) is 0 Å². The van der Waals surface area contributed by atoms with E-state index in [1.165, 1.54) is 0 Å². The van der Waals surface area contributed by atoms with E-state index in [1.807, 2.05) is 13.8 Å². The number of hydrogen-bond donors (Lipinski definition) is 1. The Balaban J connectivity index is 4.06. The highest BCUT2D eigenvalue weighted by atomic mass is 16.6. The molecule has 0 heterocycles. The van der Waals surface area contributed by atoms with Gasteiger partial charge in [0.25, 0.3) is 0 Å². The lowest BCUT2D eigenvalue weighted by molar-refractivity contribution is -0.159. The maximum absolute atomic E-state index is 12.1. The zero-order valence-corrected chi connectivity index (χ0v) is 16.6. The summed E-state index contributed by atoms with van der Waals surface area (Å²) in [7, 11) is 0. The van der Waals surface area contributed by atoms with Crippen molar-refractivity contribution in [3.05, 3.63) is 0 Å². The van der Waals surface area contributed by atoms with Gasteiger partial charge in [-0.25, -0.2) is 0 Å². The molecule has 0 saturated heterocycles. The molecule has 138 valence electrons. The highest BCUT2D eigenvalue weighted by Crippen LogP contribution is 2.30. The Bertz CT molecular complexity index is 341. The topological polar surface area (TPSA) is 46.5 Å². The summed E-state index contributed by atoms with van der Waals surface area (Å²) in [5.41, 5.74) is -0.635. The molecule has 0 radical (unpaired) electrons. The first kappa shape index (κ1) is 22.4. The van der Waals surface area contributed by atoms with Gasteiger partial charge in [-0.15, -0.1) is 0 Å². The highest BCUT2D eigenvalue weighted by molar-refractivity contribution is 5.69. The van der Waals surface area contributed by atoms with Gasteiger partial charge in [-0.05, 0) is 57.8 Å². The van der Waals surface area contributed by atoms with Gasteiger partial charge in [-0.2, -0.15) is 0 Å². The average molecular weight is 329 g/mol. The van der Waals surface area contributed by atoms with Crippen LogP contribution in [0.1, 0.15) is 106 Å². The van der Waals surface area contributed by atoms with Crippen LogP contribution in [0.4, 0.5) is 0 Å². The number of esters is 1. The van der Waals surface area contributed by atoms with Crippen LogP contribution in [0.15, 0.2) is 0 Å². The van der Waals surface area contributed by atoms with Gasteiger partial charge in [0.05, 0.1) is 5.60 Å². The lowest BCUT2D eigenvalue weighted by Crippen LogP contribution is -2.32. The summed E-state index contributed by atoms with van der Waals surface area (Å²) in [5.74, 6) is -0.0782. The third-order valence-corrected chi connectivity index (χ3v) is 4.87. The van der Waals surface area contributed by atoms with Crippen LogP contribution in [0.3, 0.4) is 0 Å². The Hall–Kier alpha value is -0.570. The molecule has 2 atom stereocenters. The molecular formula is C20H40O3. The summed E-state index contributed by atoms with van der Waals surface area (Å²) in [5, 5.41) is 9.95. The van der Waals surface area contributed by atoms with Crippen LogP contribution in [0.5, 0.6) is 0 Å². The number of aliphatic hydroxyl groups is 1.